The van der Waals surface area contributed by atoms with E-state index in [1.54, 1.807) is 37.9 Å². The molecular weight excluding hydrogens is 338 g/mol. The van der Waals surface area contributed by atoms with Crippen LogP contribution in [0.4, 0.5) is 0 Å². The standard InChI is InChI=1S/C18H31N3O3S/c1-6-21(7-2)25(23,24)16-10-8-15(9-11-16)18(22)20(5)13-12-17(19)14(3)4/h8-11,14,17H,6-7,12-13,19H2,1-5H3. The fourth-order valence-electron chi connectivity index (χ4n) is 2.48. The highest BCUT2D eigenvalue weighted by atomic mass is 32.2. The minimum atomic E-state index is -3.50. The van der Waals surface area contributed by atoms with Crippen LogP contribution in [-0.4, -0.2) is 56.3 Å². The smallest absolute Gasteiger partial charge is 0.253 e. The number of nitrogens with two attached hydrogens (primary N) is 1. The van der Waals surface area contributed by atoms with Crippen LogP contribution in [0.1, 0.15) is 44.5 Å². The maximum atomic E-state index is 12.5. The molecule has 1 aromatic carbocycles. The van der Waals surface area contributed by atoms with Crippen LogP contribution >= 0.6 is 0 Å². The highest BCUT2D eigenvalue weighted by Gasteiger charge is 2.22. The van der Waals surface area contributed by atoms with Gasteiger partial charge in [-0.3, -0.25) is 4.79 Å². The number of rotatable bonds is 9. The van der Waals surface area contributed by atoms with Crippen molar-refractivity contribution in [1.29, 1.82) is 0 Å². The van der Waals surface area contributed by atoms with Crippen molar-refractivity contribution >= 4 is 15.9 Å². The summed E-state index contributed by atoms with van der Waals surface area (Å²) in [5.41, 5.74) is 6.49. The normalized spacial score (nSPS) is 13.3. The molecule has 0 saturated carbocycles. The van der Waals surface area contributed by atoms with Crippen molar-refractivity contribution in [2.75, 3.05) is 26.7 Å². The molecule has 1 aromatic rings. The molecule has 1 atom stereocenters. The summed E-state index contributed by atoms with van der Waals surface area (Å²) in [5, 5.41) is 0. The Bertz CT molecular complexity index is 653. The van der Waals surface area contributed by atoms with E-state index in [9.17, 15) is 13.2 Å². The Balaban J connectivity index is 2.83. The van der Waals surface area contributed by atoms with Crippen molar-refractivity contribution in [3.8, 4) is 0 Å². The van der Waals surface area contributed by atoms with E-state index in [1.807, 2.05) is 0 Å². The zero-order valence-corrected chi connectivity index (χ0v) is 16.7. The second-order valence-electron chi connectivity index (χ2n) is 6.54. The number of hydrogen-bond donors (Lipinski definition) is 1. The van der Waals surface area contributed by atoms with Crippen molar-refractivity contribution in [1.82, 2.24) is 9.21 Å². The van der Waals surface area contributed by atoms with Gasteiger partial charge in [-0.15, -0.1) is 0 Å². The monoisotopic (exact) mass is 369 g/mol. The molecule has 1 rings (SSSR count). The maximum absolute atomic E-state index is 12.5. The average Bonchev–Trinajstić information content (AvgIpc) is 2.59. The van der Waals surface area contributed by atoms with Gasteiger partial charge in [0.25, 0.3) is 5.91 Å². The lowest BCUT2D eigenvalue weighted by atomic mass is 10.0. The zero-order valence-electron chi connectivity index (χ0n) is 15.9. The quantitative estimate of drug-likeness (QED) is 0.723. The van der Waals surface area contributed by atoms with E-state index in [-0.39, 0.29) is 16.8 Å². The molecule has 25 heavy (non-hydrogen) atoms. The SMILES string of the molecule is CCN(CC)S(=O)(=O)c1ccc(C(=O)N(C)CCC(N)C(C)C)cc1. The fourth-order valence-corrected chi connectivity index (χ4v) is 3.94. The van der Waals surface area contributed by atoms with E-state index in [2.05, 4.69) is 13.8 Å². The molecule has 1 amide bonds. The zero-order chi connectivity index (χ0) is 19.2. The van der Waals surface area contributed by atoms with Crippen molar-refractivity contribution in [2.45, 2.75) is 45.1 Å². The van der Waals surface area contributed by atoms with Crippen LogP contribution in [-0.2, 0) is 10.0 Å². The highest BCUT2D eigenvalue weighted by molar-refractivity contribution is 7.89. The van der Waals surface area contributed by atoms with E-state index >= 15 is 0 Å². The van der Waals surface area contributed by atoms with Gasteiger partial charge >= 0.3 is 0 Å². The first-order valence-corrected chi connectivity index (χ1v) is 10.2. The third-order valence-electron chi connectivity index (χ3n) is 4.45. The summed E-state index contributed by atoms with van der Waals surface area (Å²) in [6.07, 6.45) is 0.730. The molecule has 0 aromatic heterocycles. The Labute approximate surface area is 152 Å². The molecule has 0 spiro atoms. The van der Waals surface area contributed by atoms with E-state index in [4.69, 9.17) is 5.73 Å². The first-order chi connectivity index (χ1) is 11.6. The minimum Gasteiger partial charge on any atom is -0.342 e. The van der Waals surface area contributed by atoms with Gasteiger partial charge < -0.3 is 10.6 Å². The summed E-state index contributed by atoms with van der Waals surface area (Å²) in [6.45, 7) is 9.11. The number of amides is 1. The van der Waals surface area contributed by atoms with E-state index in [0.717, 1.165) is 6.42 Å². The van der Waals surface area contributed by atoms with E-state index in [0.29, 0.717) is 31.1 Å². The fraction of sp³-hybridized carbons (Fsp3) is 0.611. The summed E-state index contributed by atoms with van der Waals surface area (Å²) in [4.78, 5) is 14.3. The number of nitrogens with zero attached hydrogens (tertiary/aromatic N) is 2. The molecule has 2 N–H and O–H groups in total. The van der Waals surface area contributed by atoms with Gasteiger partial charge in [-0.25, -0.2) is 8.42 Å². The molecule has 0 aliphatic carbocycles. The molecular formula is C18H31N3O3S. The molecule has 0 saturated heterocycles. The van der Waals surface area contributed by atoms with Gasteiger partial charge in [-0.1, -0.05) is 27.7 Å². The van der Waals surface area contributed by atoms with Gasteiger partial charge in [-0.2, -0.15) is 4.31 Å². The number of carbonyl (C=O) groups is 1. The van der Waals surface area contributed by atoms with Gasteiger partial charge in [0.15, 0.2) is 0 Å². The van der Waals surface area contributed by atoms with Crippen molar-refractivity contribution in [2.24, 2.45) is 11.7 Å². The van der Waals surface area contributed by atoms with Crippen LogP contribution in [0.5, 0.6) is 0 Å². The van der Waals surface area contributed by atoms with Gasteiger partial charge in [-0.05, 0) is 36.6 Å². The Hall–Kier alpha value is -1.44. The van der Waals surface area contributed by atoms with Crippen LogP contribution in [0.15, 0.2) is 29.2 Å². The summed E-state index contributed by atoms with van der Waals surface area (Å²) in [6, 6.07) is 6.18. The average molecular weight is 370 g/mol. The second kappa shape index (κ2) is 9.31. The first kappa shape index (κ1) is 21.6. The Morgan fingerprint density at radius 1 is 1.12 bits per heavy atom. The van der Waals surface area contributed by atoms with Crippen LogP contribution in [0.25, 0.3) is 0 Å². The lowest BCUT2D eigenvalue weighted by Gasteiger charge is -2.22. The lowest BCUT2D eigenvalue weighted by Crippen LogP contribution is -2.34. The molecule has 0 radical (unpaired) electrons. The number of sulfonamides is 1. The predicted molar refractivity (Wildman–Crippen MR) is 101 cm³/mol. The first-order valence-electron chi connectivity index (χ1n) is 8.76. The van der Waals surface area contributed by atoms with Gasteiger partial charge in [0, 0.05) is 38.3 Å². The van der Waals surface area contributed by atoms with E-state index in [1.165, 1.54) is 16.4 Å². The maximum Gasteiger partial charge on any atom is 0.253 e. The minimum absolute atomic E-state index is 0.0526. The predicted octanol–water partition coefficient (Wildman–Crippen LogP) is 2.16. The Kier molecular flexibility index (Phi) is 8.05. The summed E-state index contributed by atoms with van der Waals surface area (Å²) < 4.78 is 26.3. The molecule has 7 heteroatoms. The lowest BCUT2D eigenvalue weighted by molar-refractivity contribution is 0.0789. The van der Waals surface area contributed by atoms with Gasteiger partial charge in [0.2, 0.25) is 10.0 Å². The van der Waals surface area contributed by atoms with Gasteiger partial charge in [0.1, 0.15) is 0 Å². The molecule has 1 unspecified atom stereocenters. The molecule has 0 aliphatic rings. The Morgan fingerprint density at radius 2 is 1.64 bits per heavy atom. The third-order valence-corrected chi connectivity index (χ3v) is 6.51. The van der Waals surface area contributed by atoms with Crippen LogP contribution in [0.2, 0.25) is 0 Å². The van der Waals surface area contributed by atoms with Crippen LogP contribution < -0.4 is 5.73 Å². The molecule has 0 aliphatic heterocycles. The molecule has 142 valence electrons. The van der Waals surface area contributed by atoms with Crippen molar-refractivity contribution < 1.29 is 13.2 Å². The highest BCUT2D eigenvalue weighted by Crippen LogP contribution is 2.17. The van der Waals surface area contributed by atoms with E-state index < -0.39 is 10.0 Å². The van der Waals surface area contributed by atoms with Crippen molar-refractivity contribution in [3.63, 3.8) is 0 Å². The topological polar surface area (TPSA) is 83.7 Å². The van der Waals surface area contributed by atoms with Crippen LogP contribution in [0, 0.1) is 5.92 Å². The number of carbonyl (C=O) groups excluding carboxylic acids is 1. The number of benzene rings is 1. The largest absolute Gasteiger partial charge is 0.342 e. The summed E-state index contributed by atoms with van der Waals surface area (Å²) in [7, 11) is -1.77. The molecule has 0 bridgehead atoms. The third kappa shape index (κ3) is 5.52. The molecule has 0 fully saturated rings. The summed E-state index contributed by atoms with van der Waals surface area (Å²) in [5.74, 6) is 0.232. The second-order valence-corrected chi connectivity index (χ2v) is 8.47. The van der Waals surface area contributed by atoms with Crippen LogP contribution in [0.3, 0.4) is 0 Å². The number of hydrogen-bond acceptors (Lipinski definition) is 4. The molecule has 0 heterocycles. The van der Waals surface area contributed by atoms with Crippen molar-refractivity contribution in [3.05, 3.63) is 29.8 Å². The van der Waals surface area contributed by atoms with Gasteiger partial charge in [0.05, 0.1) is 4.90 Å². The molecule has 6 nitrogen and oxygen atoms in total. The summed E-state index contributed by atoms with van der Waals surface area (Å²) >= 11 is 0. The Morgan fingerprint density at radius 3 is 2.08 bits per heavy atom.